The Kier molecular flexibility index (Phi) is 2.54. The number of rotatable bonds is 0. The fourth-order valence-electron chi connectivity index (χ4n) is 1.23. The molecular formula is C5HF9O2S. The standard InChI is InChI=1S/C5HF9O2S/c6-1-2(7,8)3(9,4(10,11)12)5(13,14)17(1,15)16/h1H. The van der Waals surface area contributed by atoms with Crippen LogP contribution < -0.4 is 0 Å². The van der Waals surface area contributed by atoms with Crippen molar-refractivity contribution in [2.24, 2.45) is 0 Å². The molecule has 0 amide bonds. The van der Waals surface area contributed by atoms with E-state index in [1.807, 2.05) is 0 Å². The number of sulfone groups is 1. The summed E-state index contributed by atoms with van der Waals surface area (Å²) < 4.78 is 132. The van der Waals surface area contributed by atoms with E-state index in [2.05, 4.69) is 0 Å². The summed E-state index contributed by atoms with van der Waals surface area (Å²) in [6, 6.07) is 0. The topological polar surface area (TPSA) is 34.1 Å². The number of alkyl halides is 9. The van der Waals surface area contributed by atoms with Crippen LogP contribution in [0.15, 0.2) is 0 Å². The molecule has 1 aliphatic rings. The Hall–Kier alpha value is -0.680. The quantitative estimate of drug-likeness (QED) is 0.642. The second-order valence-electron chi connectivity index (χ2n) is 3.16. The Bertz CT molecular complexity index is 437. The molecule has 1 aliphatic heterocycles. The van der Waals surface area contributed by atoms with E-state index in [1.54, 1.807) is 0 Å². The van der Waals surface area contributed by atoms with Gasteiger partial charge in [0, 0.05) is 0 Å². The van der Waals surface area contributed by atoms with Crippen LogP contribution in [0.25, 0.3) is 0 Å². The van der Waals surface area contributed by atoms with Crippen molar-refractivity contribution in [3.63, 3.8) is 0 Å². The molecule has 102 valence electrons. The molecule has 0 aromatic heterocycles. The van der Waals surface area contributed by atoms with Crippen LogP contribution in [0.4, 0.5) is 39.5 Å². The molecule has 0 aromatic carbocycles. The van der Waals surface area contributed by atoms with Gasteiger partial charge in [-0.1, -0.05) is 0 Å². The van der Waals surface area contributed by atoms with E-state index in [0.29, 0.717) is 0 Å². The summed E-state index contributed by atoms with van der Waals surface area (Å²) in [5.74, 6) is -6.44. The van der Waals surface area contributed by atoms with Gasteiger partial charge in [-0.25, -0.2) is 17.2 Å². The summed E-state index contributed by atoms with van der Waals surface area (Å²) in [5.41, 5.74) is -11.8. The normalized spacial score (nSPS) is 39.2. The second-order valence-corrected chi connectivity index (χ2v) is 5.17. The lowest BCUT2D eigenvalue weighted by atomic mass is 9.98. The molecular weight excluding hydrogens is 295 g/mol. The Labute approximate surface area is 87.3 Å². The third-order valence-electron chi connectivity index (χ3n) is 2.17. The third-order valence-corrected chi connectivity index (χ3v) is 4.00. The van der Waals surface area contributed by atoms with Gasteiger partial charge in [-0.05, 0) is 0 Å². The SMILES string of the molecule is O=S1(=O)C(F)C(F)(F)C(F)(C(F)(F)F)C1(F)F. The summed E-state index contributed by atoms with van der Waals surface area (Å²) in [7, 11) is -6.95. The zero-order chi connectivity index (χ0) is 14.1. The fraction of sp³-hybridized carbons (Fsp3) is 1.00. The summed E-state index contributed by atoms with van der Waals surface area (Å²) in [5, 5.41) is -6.61. The maximum atomic E-state index is 12.9. The average molecular weight is 296 g/mol. The molecule has 0 bridgehead atoms. The molecule has 2 nitrogen and oxygen atoms in total. The van der Waals surface area contributed by atoms with Crippen molar-refractivity contribution < 1.29 is 47.9 Å². The summed E-state index contributed by atoms with van der Waals surface area (Å²) in [6.07, 6.45) is -6.96. The van der Waals surface area contributed by atoms with Crippen LogP contribution in [-0.4, -0.2) is 36.9 Å². The van der Waals surface area contributed by atoms with E-state index >= 15 is 0 Å². The van der Waals surface area contributed by atoms with Gasteiger partial charge < -0.3 is 0 Å². The zero-order valence-corrected chi connectivity index (χ0v) is 8.02. The number of hydrogen-bond acceptors (Lipinski definition) is 2. The van der Waals surface area contributed by atoms with Crippen LogP contribution in [0.3, 0.4) is 0 Å². The molecule has 0 radical (unpaired) electrons. The lowest BCUT2D eigenvalue weighted by Gasteiger charge is -2.30. The van der Waals surface area contributed by atoms with Gasteiger partial charge in [0.25, 0.3) is 15.3 Å². The van der Waals surface area contributed by atoms with Gasteiger partial charge in [0.05, 0.1) is 0 Å². The van der Waals surface area contributed by atoms with Crippen molar-refractivity contribution in [1.82, 2.24) is 0 Å². The van der Waals surface area contributed by atoms with Crippen molar-refractivity contribution >= 4 is 9.84 Å². The lowest BCUT2D eigenvalue weighted by molar-refractivity contribution is -0.340. The maximum absolute atomic E-state index is 12.9. The molecule has 2 unspecified atom stereocenters. The fourth-order valence-corrected chi connectivity index (χ4v) is 2.68. The van der Waals surface area contributed by atoms with Gasteiger partial charge in [0.1, 0.15) is 0 Å². The summed E-state index contributed by atoms with van der Waals surface area (Å²) in [4.78, 5) is 0. The van der Waals surface area contributed by atoms with E-state index in [9.17, 15) is 47.9 Å². The summed E-state index contributed by atoms with van der Waals surface area (Å²) in [6.45, 7) is 0. The molecule has 0 saturated carbocycles. The minimum Gasteiger partial charge on any atom is -0.223 e. The number of halogens is 9. The van der Waals surface area contributed by atoms with Crippen LogP contribution in [-0.2, 0) is 9.84 Å². The minimum atomic E-state index is -6.96. The van der Waals surface area contributed by atoms with Gasteiger partial charge in [0.2, 0.25) is 0 Å². The Morgan fingerprint density at radius 3 is 1.41 bits per heavy atom. The minimum absolute atomic E-state index is 4.98. The van der Waals surface area contributed by atoms with Crippen LogP contribution >= 0.6 is 0 Å². The molecule has 17 heavy (non-hydrogen) atoms. The van der Waals surface area contributed by atoms with E-state index in [4.69, 9.17) is 0 Å². The van der Waals surface area contributed by atoms with Crippen LogP contribution in [0.5, 0.6) is 0 Å². The smallest absolute Gasteiger partial charge is 0.223 e. The first-order chi connectivity index (χ1) is 7.15. The molecule has 0 spiro atoms. The maximum Gasteiger partial charge on any atom is 0.436 e. The molecule has 2 atom stereocenters. The molecule has 12 heteroatoms. The first-order valence-corrected chi connectivity index (χ1v) is 5.09. The van der Waals surface area contributed by atoms with Crippen LogP contribution in [0, 0.1) is 0 Å². The van der Waals surface area contributed by atoms with Gasteiger partial charge in [-0.3, -0.25) is 0 Å². The first kappa shape index (κ1) is 14.4. The second kappa shape index (κ2) is 3.01. The van der Waals surface area contributed by atoms with E-state index < -0.39 is 38.4 Å². The van der Waals surface area contributed by atoms with Gasteiger partial charge in [-0.2, -0.15) is 30.7 Å². The predicted octanol–water partition coefficient (Wildman–Crippen LogP) is 2.21. The van der Waals surface area contributed by atoms with Crippen LogP contribution in [0.1, 0.15) is 0 Å². The van der Waals surface area contributed by atoms with Crippen molar-refractivity contribution in [3.8, 4) is 0 Å². The van der Waals surface area contributed by atoms with E-state index in [1.165, 1.54) is 0 Å². The van der Waals surface area contributed by atoms with E-state index in [0.717, 1.165) is 0 Å². The lowest BCUT2D eigenvalue weighted by Crippen LogP contribution is -2.62. The Morgan fingerprint density at radius 2 is 1.29 bits per heavy atom. The van der Waals surface area contributed by atoms with Crippen molar-refractivity contribution in [1.29, 1.82) is 0 Å². The molecule has 0 aromatic rings. The highest BCUT2D eigenvalue weighted by molar-refractivity contribution is 7.93. The van der Waals surface area contributed by atoms with E-state index in [-0.39, 0.29) is 0 Å². The highest BCUT2D eigenvalue weighted by Crippen LogP contribution is 2.64. The highest BCUT2D eigenvalue weighted by Gasteiger charge is 2.96. The first-order valence-electron chi connectivity index (χ1n) is 3.54. The molecule has 1 heterocycles. The van der Waals surface area contributed by atoms with Crippen molar-refractivity contribution in [2.45, 2.75) is 28.5 Å². The van der Waals surface area contributed by atoms with Crippen molar-refractivity contribution in [2.75, 3.05) is 0 Å². The monoisotopic (exact) mass is 296 g/mol. The van der Waals surface area contributed by atoms with Gasteiger partial charge in [0.15, 0.2) is 0 Å². The van der Waals surface area contributed by atoms with Crippen molar-refractivity contribution in [3.05, 3.63) is 0 Å². The molecule has 0 aliphatic carbocycles. The molecule has 1 rings (SSSR count). The van der Waals surface area contributed by atoms with Crippen LogP contribution in [0.2, 0.25) is 0 Å². The predicted molar refractivity (Wildman–Crippen MR) is 33.6 cm³/mol. The Balaban J connectivity index is 3.73. The van der Waals surface area contributed by atoms with Gasteiger partial charge >= 0.3 is 23.0 Å². The molecule has 1 saturated heterocycles. The zero-order valence-electron chi connectivity index (χ0n) is 7.20. The molecule has 1 fully saturated rings. The largest absolute Gasteiger partial charge is 0.436 e. The average Bonchev–Trinajstić information content (AvgIpc) is 2.17. The number of hydrogen-bond donors (Lipinski definition) is 0. The highest BCUT2D eigenvalue weighted by atomic mass is 32.2. The third kappa shape index (κ3) is 1.21. The van der Waals surface area contributed by atoms with Gasteiger partial charge in [-0.15, -0.1) is 0 Å². The summed E-state index contributed by atoms with van der Waals surface area (Å²) >= 11 is 0. The Morgan fingerprint density at radius 1 is 0.941 bits per heavy atom. The molecule has 0 N–H and O–H groups in total.